The number of aliphatic hydroxyl groups is 1. The van der Waals surface area contributed by atoms with Gasteiger partial charge in [-0.05, 0) is 35.9 Å². The molecular formula is C12H11NO. The second-order valence-corrected chi connectivity index (χ2v) is 3.97. The Bertz CT molecular complexity index is 488. The van der Waals surface area contributed by atoms with Crippen molar-refractivity contribution in [3.05, 3.63) is 42.2 Å². The van der Waals surface area contributed by atoms with Crippen molar-refractivity contribution in [2.45, 2.75) is 18.4 Å². The lowest BCUT2D eigenvalue weighted by atomic mass is 10.0. The number of benzene rings is 1. The van der Waals surface area contributed by atoms with Gasteiger partial charge in [0.25, 0.3) is 0 Å². The summed E-state index contributed by atoms with van der Waals surface area (Å²) in [5.41, 5.74) is 0.488. The van der Waals surface area contributed by atoms with E-state index in [1.54, 1.807) is 6.20 Å². The smallest absolute Gasteiger partial charge is 0.0899 e. The Morgan fingerprint density at radius 1 is 1.14 bits per heavy atom. The van der Waals surface area contributed by atoms with Crippen LogP contribution >= 0.6 is 0 Å². The zero-order valence-corrected chi connectivity index (χ0v) is 7.77. The molecule has 1 aliphatic rings. The van der Waals surface area contributed by atoms with E-state index in [0.29, 0.717) is 0 Å². The molecule has 2 aromatic rings. The largest absolute Gasteiger partial charge is 0.385 e. The fourth-order valence-electron chi connectivity index (χ4n) is 1.78. The number of fused-ring (bicyclic) bond motifs is 1. The minimum absolute atomic E-state index is 0.538. The van der Waals surface area contributed by atoms with E-state index < -0.39 is 5.60 Å². The normalized spacial score (nSPS) is 18.4. The number of pyridine rings is 1. The van der Waals surface area contributed by atoms with E-state index in [1.807, 2.05) is 30.5 Å². The van der Waals surface area contributed by atoms with Gasteiger partial charge in [0.05, 0.1) is 5.60 Å². The minimum Gasteiger partial charge on any atom is -0.385 e. The van der Waals surface area contributed by atoms with Crippen molar-refractivity contribution in [2.75, 3.05) is 0 Å². The molecule has 1 heterocycles. The van der Waals surface area contributed by atoms with Gasteiger partial charge in [0, 0.05) is 17.8 Å². The fraction of sp³-hybridized carbons (Fsp3) is 0.250. The Balaban J connectivity index is 2.20. The third-order valence-corrected chi connectivity index (χ3v) is 2.90. The molecule has 0 aliphatic heterocycles. The molecule has 0 amide bonds. The van der Waals surface area contributed by atoms with Crippen LogP contribution < -0.4 is 0 Å². The molecule has 3 rings (SSSR count). The van der Waals surface area contributed by atoms with Gasteiger partial charge >= 0.3 is 0 Å². The molecule has 1 aromatic carbocycles. The van der Waals surface area contributed by atoms with Crippen LogP contribution in [0.4, 0.5) is 0 Å². The molecule has 0 bridgehead atoms. The Hall–Kier alpha value is -1.41. The topological polar surface area (TPSA) is 33.1 Å². The predicted octanol–water partition coefficient (Wildman–Crippen LogP) is 2.22. The number of hydrogen-bond donors (Lipinski definition) is 1. The maximum absolute atomic E-state index is 9.94. The summed E-state index contributed by atoms with van der Waals surface area (Å²) in [6, 6.07) is 8.07. The minimum atomic E-state index is -0.538. The maximum atomic E-state index is 9.94. The monoisotopic (exact) mass is 185 g/mol. The number of aromatic nitrogens is 1. The first-order valence-corrected chi connectivity index (χ1v) is 4.85. The van der Waals surface area contributed by atoms with Gasteiger partial charge < -0.3 is 5.11 Å². The van der Waals surface area contributed by atoms with Gasteiger partial charge in [-0.3, -0.25) is 4.98 Å². The predicted molar refractivity (Wildman–Crippen MR) is 54.9 cm³/mol. The molecule has 2 nitrogen and oxygen atoms in total. The van der Waals surface area contributed by atoms with Crippen molar-refractivity contribution in [2.24, 2.45) is 0 Å². The standard InChI is InChI=1S/C12H11NO/c14-12(4-5-12)11-2-1-9-3-6-13-8-10(9)7-11/h1-3,6-8,14H,4-5H2. The first kappa shape index (κ1) is 7.94. The summed E-state index contributed by atoms with van der Waals surface area (Å²) < 4.78 is 0. The molecule has 70 valence electrons. The van der Waals surface area contributed by atoms with E-state index in [-0.39, 0.29) is 0 Å². The van der Waals surface area contributed by atoms with E-state index in [0.717, 1.165) is 23.8 Å². The quantitative estimate of drug-likeness (QED) is 0.739. The Labute approximate surface area is 82.2 Å². The van der Waals surface area contributed by atoms with E-state index >= 15 is 0 Å². The summed E-state index contributed by atoms with van der Waals surface area (Å²) in [5.74, 6) is 0. The molecule has 0 spiro atoms. The molecule has 1 saturated carbocycles. The van der Waals surface area contributed by atoms with Gasteiger partial charge in [-0.1, -0.05) is 12.1 Å². The van der Waals surface area contributed by atoms with Gasteiger partial charge in [0.15, 0.2) is 0 Å². The fourth-order valence-corrected chi connectivity index (χ4v) is 1.78. The molecule has 1 fully saturated rings. The van der Waals surface area contributed by atoms with Crippen molar-refractivity contribution in [1.82, 2.24) is 4.98 Å². The summed E-state index contributed by atoms with van der Waals surface area (Å²) in [4.78, 5) is 4.07. The Morgan fingerprint density at radius 2 is 2.00 bits per heavy atom. The summed E-state index contributed by atoms with van der Waals surface area (Å²) in [7, 11) is 0. The van der Waals surface area contributed by atoms with Crippen LogP contribution in [0.2, 0.25) is 0 Å². The van der Waals surface area contributed by atoms with Crippen LogP contribution in [0.15, 0.2) is 36.7 Å². The van der Waals surface area contributed by atoms with Crippen molar-refractivity contribution in [3.63, 3.8) is 0 Å². The van der Waals surface area contributed by atoms with Crippen molar-refractivity contribution >= 4 is 10.8 Å². The van der Waals surface area contributed by atoms with Crippen molar-refractivity contribution in [3.8, 4) is 0 Å². The van der Waals surface area contributed by atoms with Crippen LogP contribution in [-0.2, 0) is 5.60 Å². The SMILES string of the molecule is OC1(c2ccc3ccncc3c2)CC1. The average molecular weight is 185 g/mol. The zero-order valence-electron chi connectivity index (χ0n) is 7.77. The van der Waals surface area contributed by atoms with E-state index in [9.17, 15) is 5.11 Å². The van der Waals surface area contributed by atoms with Gasteiger partial charge in [-0.25, -0.2) is 0 Å². The molecule has 1 N–H and O–H groups in total. The van der Waals surface area contributed by atoms with Crippen LogP contribution in [0.25, 0.3) is 10.8 Å². The molecule has 0 unspecified atom stereocenters. The third-order valence-electron chi connectivity index (χ3n) is 2.90. The van der Waals surface area contributed by atoms with Crippen LogP contribution in [0, 0.1) is 0 Å². The molecule has 1 aromatic heterocycles. The van der Waals surface area contributed by atoms with Crippen LogP contribution in [0.5, 0.6) is 0 Å². The van der Waals surface area contributed by atoms with Crippen LogP contribution in [-0.4, -0.2) is 10.1 Å². The average Bonchev–Trinajstić information content (AvgIpc) is 2.97. The Morgan fingerprint density at radius 3 is 2.79 bits per heavy atom. The van der Waals surface area contributed by atoms with Crippen molar-refractivity contribution in [1.29, 1.82) is 0 Å². The summed E-state index contributed by atoms with van der Waals surface area (Å²) in [6.45, 7) is 0. The molecule has 0 atom stereocenters. The molecule has 0 radical (unpaired) electrons. The Kier molecular flexibility index (Phi) is 1.45. The maximum Gasteiger partial charge on any atom is 0.0899 e. The first-order chi connectivity index (χ1) is 6.78. The highest BCUT2D eigenvalue weighted by Gasteiger charge is 2.41. The van der Waals surface area contributed by atoms with Crippen LogP contribution in [0.1, 0.15) is 18.4 Å². The number of nitrogens with zero attached hydrogens (tertiary/aromatic N) is 1. The summed E-state index contributed by atoms with van der Waals surface area (Å²) >= 11 is 0. The molecule has 1 aliphatic carbocycles. The first-order valence-electron chi connectivity index (χ1n) is 4.85. The van der Waals surface area contributed by atoms with E-state index in [1.165, 1.54) is 5.39 Å². The highest BCUT2D eigenvalue weighted by Crippen LogP contribution is 2.45. The van der Waals surface area contributed by atoms with E-state index in [2.05, 4.69) is 4.98 Å². The molecular weight excluding hydrogens is 174 g/mol. The summed E-state index contributed by atoms with van der Waals surface area (Å²) in [5, 5.41) is 12.2. The van der Waals surface area contributed by atoms with Crippen molar-refractivity contribution < 1.29 is 5.11 Å². The lowest BCUT2D eigenvalue weighted by molar-refractivity contribution is 0.151. The third kappa shape index (κ3) is 1.11. The van der Waals surface area contributed by atoms with Gasteiger partial charge in [-0.15, -0.1) is 0 Å². The highest BCUT2D eigenvalue weighted by molar-refractivity contribution is 5.82. The lowest BCUT2D eigenvalue weighted by Crippen LogP contribution is -2.03. The lowest BCUT2D eigenvalue weighted by Gasteiger charge is -2.08. The molecule has 0 saturated heterocycles. The number of rotatable bonds is 1. The summed E-state index contributed by atoms with van der Waals surface area (Å²) in [6.07, 6.45) is 5.40. The van der Waals surface area contributed by atoms with Gasteiger partial charge in [-0.2, -0.15) is 0 Å². The number of hydrogen-bond acceptors (Lipinski definition) is 2. The van der Waals surface area contributed by atoms with Gasteiger partial charge in [0.2, 0.25) is 0 Å². The van der Waals surface area contributed by atoms with Crippen LogP contribution in [0.3, 0.4) is 0 Å². The molecule has 2 heteroatoms. The zero-order chi connectivity index (χ0) is 9.60. The second kappa shape index (κ2) is 2.55. The molecule has 14 heavy (non-hydrogen) atoms. The highest BCUT2D eigenvalue weighted by atomic mass is 16.3. The van der Waals surface area contributed by atoms with Gasteiger partial charge in [0.1, 0.15) is 0 Å². The van der Waals surface area contributed by atoms with E-state index in [4.69, 9.17) is 0 Å². The second-order valence-electron chi connectivity index (χ2n) is 3.97.